The van der Waals surface area contributed by atoms with Gasteiger partial charge in [-0.2, -0.15) is 5.10 Å². The number of amides is 1. The molecule has 1 aromatic rings. The van der Waals surface area contributed by atoms with Gasteiger partial charge in [0.2, 0.25) is 5.91 Å². The highest BCUT2D eigenvalue weighted by Gasteiger charge is 2.22. The Balaban J connectivity index is 1.92. The highest BCUT2D eigenvalue weighted by atomic mass is 16.2. The first-order valence-electron chi connectivity index (χ1n) is 6.52. The van der Waals surface area contributed by atoms with E-state index in [0.717, 1.165) is 31.5 Å². The molecule has 0 saturated carbocycles. The molecule has 0 bridgehead atoms. The van der Waals surface area contributed by atoms with Gasteiger partial charge in [0.05, 0.1) is 6.04 Å². The molecule has 1 aliphatic rings. The molecule has 0 spiro atoms. The molecule has 2 rings (SSSR count). The molecule has 1 saturated heterocycles. The molecule has 1 atom stereocenters. The van der Waals surface area contributed by atoms with Gasteiger partial charge in [-0.25, -0.2) is 0 Å². The zero-order valence-corrected chi connectivity index (χ0v) is 11.3. The van der Waals surface area contributed by atoms with E-state index in [1.807, 2.05) is 6.07 Å². The van der Waals surface area contributed by atoms with Crippen molar-refractivity contribution in [3.8, 4) is 0 Å². The fourth-order valence-electron chi connectivity index (χ4n) is 2.21. The van der Waals surface area contributed by atoms with Crippen LogP contribution in [-0.4, -0.2) is 28.7 Å². The first-order chi connectivity index (χ1) is 8.44. The second-order valence-corrected chi connectivity index (χ2v) is 6.15. The van der Waals surface area contributed by atoms with Gasteiger partial charge in [0.15, 0.2) is 5.82 Å². The van der Waals surface area contributed by atoms with E-state index in [0.29, 0.717) is 5.82 Å². The van der Waals surface area contributed by atoms with Crippen molar-refractivity contribution in [2.24, 2.45) is 5.41 Å². The predicted octanol–water partition coefficient (Wildman–Crippen LogP) is 1.69. The lowest BCUT2D eigenvalue weighted by Crippen LogP contribution is -2.35. The largest absolute Gasteiger partial charge is 0.308 e. The number of hydrogen-bond donors (Lipinski definition) is 3. The Hall–Kier alpha value is -1.36. The highest BCUT2D eigenvalue weighted by molar-refractivity contribution is 5.94. The van der Waals surface area contributed by atoms with E-state index >= 15 is 0 Å². The third-order valence-corrected chi connectivity index (χ3v) is 2.98. The van der Waals surface area contributed by atoms with Crippen molar-refractivity contribution in [2.75, 3.05) is 11.9 Å². The second kappa shape index (κ2) is 5.10. The molecule has 0 aromatic carbocycles. The van der Waals surface area contributed by atoms with E-state index in [4.69, 9.17) is 0 Å². The molecule has 5 nitrogen and oxygen atoms in total. The molecule has 100 valence electrons. The second-order valence-electron chi connectivity index (χ2n) is 6.15. The van der Waals surface area contributed by atoms with E-state index in [1.165, 1.54) is 0 Å². The summed E-state index contributed by atoms with van der Waals surface area (Å²) in [4.78, 5) is 11.9. The number of carbonyl (C=O) groups excluding carboxylic acids is 1. The predicted molar refractivity (Wildman–Crippen MR) is 71.4 cm³/mol. The number of aromatic amines is 1. The zero-order valence-electron chi connectivity index (χ0n) is 11.3. The van der Waals surface area contributed by atoms with Crippen LogP contribution >= 0.6 is 0 Å². The summed E-state index contributed by atoms with van der Waals surface area (Å²) in [6.45, 7) is 7.45. The van der Waals surface area contributed by atoms with Crippen LogP contribution in [0.5, 0.6) is 0 Å². The van der Waals surface area contributed by atoms with Crippen molar-refractivity contribution in [3.05, 3.63) is 11.8 Å². The number of nitrogens with zero attached hydrogens (tertiary/aromatic N) is 1. The van der Waals surface area contributed by atoms with Crippen LogP contribution in [0.1, 0.15) is 39.3 Å². The van der Waals surface area contributed by atoms with Gasteiger partial charge in [-0.05, 0) is 31.2 Å². The summed E-state index contributed by atoms with van der Waals surface area (Å²) in [5.74, 6) is 0.634. The molecule has 3 N–H and O–H groups in total. The normalized spacial score (nSPS) is 20.1. The Kier molecular flexibility index (Phi) is 3.71. The lowest BCUT2D eigenvalue weighted by atomic mass is 9.91. The molecule has 0 aliphatic carbocycles. The van der Waals surface area contributed by atoms with E-state index in [-0.39, 0.29) is 17.4 Å². The zero-order chi connectivity index (χ0) is 13.2. The Labute approximate surface area is 108 Å². The lowest BCUT2D eigenvalue weighted by molar-refractivity contribution is -0.117. The van der Waals surface area contributed by atoms with Crippen molar-refractivity contribution >= 4 is 11.7 Å². The van der Waals surface area contributed by atoms with Crippen LogP contribution in [0.15, 0.2) is 6.07 Å². The molecule has 1 amide bonds. The Morgan fingerprint density at radius 3 is 2.94 bits per heavy atom. The van der Waals surface area contributed by atoms with Crippen molar-refractivity contribution in [3.63, 3.8) is 0 Å². The van der Waals surface area contributed by atoms with E-state index in [1.54, 1.807) is 0 Å². The quantitative estimate of drug-likeness (QED) is 0.764. The minimum absolute atomic E-state index is 0.0151. The molecule has 1 unspecified atom stereocenters. The Morgan fingerprint density at radius 1 is 1.56 bits per heavy atom. The molecule has 0 radical (unpaired) electrons. The highest BCUT2D eigenvalue weighted by Crippen LogP contribution is 2.20. The van der Waals surface area contributed by atoms with Gasteiger partial charge in [0, 0.05) is 11.8 Å². The monoisotopic (exact) mass is 250 g/mol. The third-order valence-electron chi connectivity index (χ3n) is 2.98. The standard InChI is InChI=1S/C13H22N4O/c1-13(2,3)8-9-7-11(17-16-9)15-12(18)10-5-4-6-14-10/h7,10,14H,4-6,8H2,1-3H3,(H2,15,16,17,18). The average Bonchev–Trinajstić information content (AvgIpc) is 2.86. The first-order valence-corrected chi connectivity index (χ1v) is 6.52. The molecule has 18 heavy (non-hydrogen) atoms. The Bertz CT molecular complexity index is 413. The van der Waals surface area contributed by atoms with Crippen LogP contribution in [0.2, 0.25) is 0 Å². The van der Waals surface area contributed by atoms with E-state index in [9.17, 15) is 4.79 Å². The fraction of sp³-hybridized carbons (Fsp3) is 0.692. The minimum atomic E-state index is -0.0623. The summed E-state index contributed by atoms with van der Waals surface area (Å²) in [6.07, 6.45) is 2.89. The van der Waals surface area contributed by atoms with Crippen LogP contribution in [0.25, 0.3) is 0 Å². The lowest BCUT2D eigenvalue weighted by Gasteiger charge is -2.15. The van der Waals surface area contributed by atoms with Gasteiger partial charge in [-0.1, -0.05) is 20.8 Å². The summed E-state index contributed by atoms with van der Waals surface area (Å²) < 4.78 is 0. The molecule has 1 fully saturated rings. The van der Waals surface area contributed by atoms with Gasteiger partial charge < -0.3 is 10.6 Å². The maximum Gasteiger partial charge on any atom is 0.242 e. The van der Waals surface area contributed by atoms with Crippen molar-refractivity contribution in [1.82, 2.24) is 15.5 Å². The van der Waals surface area contributed by atoms with Crippen LogP contribution in [0, 0.1) is 5.41 Å². The number of anilines is 1. The first kappa shape index (κ1) is 13.1. The molecule has 1 aromatic heterocycles. The maximum atomic E-state index is 11.9. The summed E-state index contributed by atoms with van der Waals surface area (Å²) in [5, 5.41) is 13.1. The van der Waals surface area contributed by atoms with Crippen molar-refractivity contribution < 1.29 is 4.79 Å². The summed E-state index contributed by atoms with van der Waals surface area (Å²) in [7, 11) is 0. The smallest absolute Gasteiger partial charge is 0.242 e. The number of rotatable bonds is 3. The van der Waals surface area contributed by atoms with Crippen LogP contribution in [-0.2, 0) is 11.2 Å². The van der Waals surface area contributed by atoms with Gasteiger partial charge in [0.1, 0.15) is 0 Å². The molecular weight excluding hydrogens is 228 g/mol. The summed E-state index contributed by atoms with van der Waals surface area (Å²) in [5.41, 5.74) is 1.26. The van der Waals surface area contributed by atoms with Crippen molar-refractivity contribution in [1.29, 1.82) is 0 Å². The molecule has 1 aliphatic heterocycles. The molecular formula is C13H22N4O. The topological polar surface area (TPSA) is 69.8 Å². The number of carbonyl (C=O) groups is 1. The van der Waals surface area contributed by atoms with E-state index < -0.39 is 0 Å². The summed E-state index contributed by atoms with van der Waals surface area (Å²) >= 11 is 0. The van der Waals surface area contributed by atoms with Crippen LogP contribution in [0.3, 0.4) is 0 Å². The number of hydrogen-bond acceptors (Lipinski definition) is 3. The molecule has 2 heterocycles. The van der Waals surface area contributed by atoms with Gasteiger partial charge in [0.25, 0.3) is 0 Å². The number of H-pyrrole nitrogens is 1. The summed E-state index contributed by atoms with van der Waals surface area (Å²) in [6, 6.07) is 1.85. The minimum Gasteiger partial charge on any atom is -0.308 e. The van der Waals surface area contributed by atoms with Crippen LogP contribution < -0.4 is 10.6 Å². The maximum absolute atomic E-state index is 11.9. The van der Waals surface area contributed by atoms with Crippen molar-refractivity contribution in [2.45, 2.75) is 46.1 Å². The average molecular weight is 250 g/mol. The third kappa shape index (κ3) is 3.57. The van der Waals surface area contributed by atoms with Gasteiger partial charge in [-0.3, -0.25) is 9.89 Å². The Morgan fingerprint density at radius 2 is 2.33 bits per heavy atom. The number of nitrogens with one attached hydrogen (secondary N) is 3. The van der Waals surface area contributed by atoms with Gasteiger partial charge >= 0.3 is 0 Å². The SMILES string of the molecule is CC(C)(C)Cc1cc(NC(=O)C2CCCN2)n[nH]1. The van der Waals surface area contributed by atoms with E-state index in [2.05, 4.69) is 41.6 Å². The number of aromatic nitrogens is 2. The van der Waals surface area contributed by atoms with Crippen LogP contribution in [0.4, 0.5) is 5.82 Å². The molecule has 5 heteroatoms. The fourth-order valence-corrected chi connectivity index (χ4v) is 2.21. The van der Waals surface area contributed by atoms with Gasteiger partial charge in [-0.15, -0.1) is 0 Å².